The number of ketones is 1. The topological polar surface area (TPSA) is 72.8 Å². The van der Waals surface area contributed by atoms with Gasteiger partial charge in [-0.15, -0.1) is 0 Å². The average molecular weight is 389 g/mol. The molecule has 0 heterocycles. The number of benzene rings is 2. The lowest BCUT2D eigenvalue weighted by Crippen LogP contribution is -2.06. The van der Waals surface area contributed by atoms with Gasteiger partial charge in [-0.25, -0.2) is 0 Å². The summed E-state index contributed by atoms with van der Waals surface area (Å²) in [7, 11) is 2.99. The molecule has 27 heavy (non-hydrogen) atoms. The Labute approximate surface area is 163 Å². The fraction of sp³-hybridized carbons (Fsp3) is 0.238. The predicted molar refractivity (Wildman–Crippen MR) is 105 cm³/mol. The van der Waals surface area contributed by atoms with Crippen LogP contribution in [-0.2, 0) is 11.2 Å². The molecule has 0 bridgehead atoms. The molecule has 0 fully saturated rings. The SMILES string of the molecule is COc1cc(Cl)ccc1C(=O)C=Cc1cc(C)c(CC(=O)O)c(C)c1OC. The Morgan fingerprint density at radius 2 is 1.85 bits per heavy atom. The van der Waals surface area contributed by atoms with Gasteiger partial charge in [-0.3, -0.25) is 9.59 Å². The number of halogens is 1. The van der Waals surface area contributed by atoms with Crippen LogP contribution >= 0.6 is 11.6 Å². The summed E-state index contributed by atoms with van der Waals surface area (Å²) in [5.74, 6) is -0.204. The third-order valence-corrected chi connectivity index (χ3v) is 4.51. The second-order valence-electron chi connectivity index (χ2n) is 6.03. The lowest BCUT2D eigenvalue weighted by atomic mass is 9.95. The van der Waals surface area contributed by atoms with Crippen molar-refractivity contribution in [2.45, 2.75) is 20.3 Å². The molecule has 5 nitrogen and oxygen atoms in total. The maximum Gasteiger partial charge on any atom is 0.307 e. The number of aliphatic carboxylic acids is 1. The molecule has 0 aliphatic carbocycles. The van der Waals surface area contributed by atoms with Crippen LogP contribution < -0.4 is 9.47 Å². The van der Waals surface area contributed by atoms with Crippen molar-refractivity contribution < 1.29 is 24.2 Å². The van der Waals surface area contributed by atoms with Crippen molar-refractivity contribution in [3.8, 4) is 11.5 Å². The molecule has 0 aromatic heterocycles. The summed E-state index contributed by atoms with van der Waals surface area (Å²) in [6, 6.07) is 6.63. The fourth-order valence-electron chi connectivity index (χ4n) is 2.98. The van der Waals surface area contributed by atoms with Crippen molar-refractivity contribution in [2.24, 2.45) is 0 Å². The first-order valence-corrected chi connectivity index (χ1v) is 8.61. The molecule has 2 aromatic rings. The first-order valence-electron chi connectivity index (χ1n) is 8.23. The van der Waals surface area contributed by atoms with Crippen LogP contribution in [0.5, 0.6) is 11.5 Å². The summed E-state index contributed by atoms with van der Waals surface area (Å²) in [6.07, 6.45) is 3.00. The molecule has 0 aliphatic rings. The van der Waals surface area contributed by atoms with Gasteiger partial charge in [0, 0.05) is 10.6 Å². The van der Waals surface area contributed by atoms with E-state index < -0.39 is 5.97 Å². The van der Waals surface area contributed by atoms with E-state index >= 15 is 0 Å². The van der Waals surface area contributed by atoms with Crippen LogP contribution in [-0.4, -0.2) is 31.1 Å². The number of rotatable bonds is 7. The van der Waals surface area contributed by atoms with E-state index in [4.69, 9.17) is 26.2 Å². The van der Waals surface area contributed by atoms with Crippen LogP contribution in [0.4, 0.5) is 0 Å². The van der Waals surface area contributed by atoms with Gasteiger partial charge in [0.1, 0.15) is 11.5 Å². The molecule has 2 rings (SSSR count). The number of methoxy groups -OCH3 is 2. The van der Waals surface area contributed by atoms with Gasteiger partial charge in [-0.1, -0.05) is 11.6 Å². The summed E-state index contributed by atoms with van der Waals surface area (Å²) in [6.45, 7) is 3.65. The van der Waals surface area contributed by atoms with Gasteiger partial charge in [0.05, 0.1) is 26.2 Å². The second-order valence-corrected chi connectivity index (χ2v) is 6.47. The van der Waals surface area contributed by atoms with Crippen LogP contribution in [0.3, 0.4) is 0 Å². The Kier molecular flexibility index (Phi) is 6.64. The van der Waals surface area contributed by atoms with Gasteiger partial charge < -0.3 is 14.6 Å². The minimum Gasteiger partial charge on any atom is -0.496 e. The molecule has 0 radical (unpaired) electrons. The highest BCUT2D eigenvalue weighted by Crippen LogP contribution is 2.31. The summed E-state index contributed by atoms with van der Waals surface area (Å²) in [4.78, 5) is 23.7. The van der Waals surface area contributed by atoms with Gasteiger partial charge in [0.25, 0.3) is 0 Å². The summed E-state index contributed by atoms with van der Waals surface area (Å²) < 4.78 is 10.7. The van der Waals surface area contributed by atoms with Crippen LogP contribution in [0.2, 0.25) is 5.02 Å². The third-order valence-electron chi connectivity index (χ3n) is 4.28. The molecule has 142 valence electrons. The number of hydrogen-bond acceptors (Lipinski definition) is 4. The smallest absolute Gasteiger partial charge is 0.307 e. The van der Waals surface area contributed by atoms with E-state index in [1.165, 1.54) is 20.3 Å². The van der Waals surface area contributed by atoms with Crippen LogP contribution in [0.25, 0.3) is 6.08 Å². The number of aryl methyl sites for hydroxylation is 1. The molecule has 0 atom stereocenters. The quantitative estimate of drug-likeness (QED) is 0.558. The number of carboxylic acid groups (broad SMARTS) is 1. The predicted octanol–water partition coefficient (Wildman–Crippen LogP) is 4.50. The third kappa shape index (κ3) is 4.68. The van der Waals surface area contributed by atoms with Gasteiger partial charge in [-0.2, -0.15) is 0 Å². The Morgan fingerprint density at radius 3 is 2.44 bits per heavy atom. The zero-order valence-electron chi connectivity index (χ0n) is 15.6. The Hall–Kier alpha value is -2.79. The number of carbonyl (C=O) groups excluding carboxylic acids is 1. The Bertz CT molecular complexity index is 915. The van der Waals surface area contributed by atoms with E-state index in [0.717, 1.165) is 11.1 Å². The molecule has 0 unspecified atom stereocenters. The monoisotopic (exact) mass is 388 g/mol. The fourth-order valence-corrected chi connectivity index (χ4v) is 3.14. The highest BCUT2D eigenvalue weighted by molar-refractivity contribution is 6.31. The zero-order valence-corrected chi connectivity index (χ0v) is 16.4. The van der Waals surface area contributed by atoms with Crippen molar-refractivity contribution in [3.63, 3.8) is 0 Å². The van der Waals surface area contributed by atoms with Crippen molar-refractivity contribution in [2.75, 3.05) is 14.2 Å². The average Bonchev–Trinajstić information content (AvgIpc) is 2.62. The largest absolute Gasteiger partial charge is 0.496 e. The molecule has 0 aliphatic heterocycles. The normalized spacial score (nSPS) is 10.9. The summed E-state index contributed by atoms with van der Waals surface area (Å²) >= 11 is 5.93. The number of carboxylic acids is 1. The first kappa shape index (κ1) is 20.5. The van der Waals surface area contributed by atoms with Crippen molar-refractivity contribution in [1.82, 2.24) is 0 Å². The van der Waals surface area contributed by atoms with E-state index in [2.05, 4.69) is 0 Å². The van der Waals surface area contributed by atoms with Crippen LogP contribution in [0, 0.1) is 13.8 Å². The molecular formula is C21H21ClO5. The maximum atomic E-state index is 12.6. The maximum absolute atomic E-state index is 12.6. The zero-order chi connectivity index (χ0) is 20.1. The lowest BCUT2D eigenvalue weighted by molar-refractivity contribution is -0.136. The number of carbonyl (C=O) groups is 2. The number of hydrogen-bond donors (Lipinski definition) is 1. The van der Waals surface area contributed by atoms with E-state index in [1.54, 1.807) is 24.3 Å². The minimum atomic E-state index is -0.906. The van der Waals surface area contributed by atoms with Crippen LogP contribution in [0.15, 0.2) is 30.3 Å². The van der Waals surface area contributed by atoms with Gasteiger partial charge >= 0.3 is 5.97 Å². The molecule has 0 spiro atoms. The van der Waals surface area contributed by atoms with Crippen molar-refractivity contribution in [3.05, 3.63) is 63.2 Å². The minimum absolute atomic E-state index is 0.0844. The summed E-state index contributed by atoms with van der Waals surface area (Å²) in [5.41, 5.74) is 3.38. The molecule has 0 amide bonds. The van der Waals surface area contributed by atoms with Crippen molar-refractivity contribution in [1.29, 1.82) is 0 Å². The standard InChI is InChI=1S/C21H21ClO5/c1-12-9-14(21(27-4)13(2)17(12)11-20(24)25)5-8-18(23)16-7-6-15(22)10-19(16)26-3/h5-10H,11H2,1-4H3,(H,24,25). The molecule has 6 heteroatoms. The molecule has 0 saturated heterocycles. The summed E-state index contributed by atoms with van der Waals surface area (Å²) in [5, 5.41) is 9.58. The lowest BCUT2D eigenvalue weighted by Gasteiger charge is -2.15. The molecule has 1 N–H and O–H groups in total. The Morgan fingerprint density at radius 1 is 1.15 bits per heavy atom. The van der Waals surface area contributed by atoms with Gasteiger partial charge in [0.15, 0.2) is 5.78 Å². The van der Waals surface area contributed by atoms with E-state index in [9.17, 15) is 9.59 Å². The molecule has 2 aromatic carbocycles. The van der Waals surface area contributed by atoms with Crippen molar-refractivity contribution >= 4 is 29.4 Å². The second kappa shape index (κ2) is 8.73. The van der Waals surface area contributed by atoms with Gasteiger partial charge in [-0.05, 0) is 67.0 Å². The number of allylic oxidation sites excluding steroid dienone is 1. The highest BCUT2D eigenvalue weighted by atomic mass is 35.5. The first-order chi connectivity index (χ1) is 12.8. The van der Waals surface area contributed by atoms with Gasteiger partial charge in [0.2, 0.25) is 0 Å². The van der Waals surface area contributed by atoms with E-state index in [-0.39, 0.29) is 12.2 Å². The highest BCUT2D eigenvalue weighted by Gasteiger charge is 2.16. The van der Waals surface area contributed by atoms with E-state index in [1.807, 2.05) is 19.9 Å². The van der Waals surface area contributed by atoms with E-state index in [0.29, 0.717) is 33.2 Å². The molecule has 0 saturated carbocycles. The van der Waals surface area contributed by atoms with Crippen LogP contribution in [0.1, 0.15) is 32.6 Å². The Balaban J connectivity index is 2.42. The number of ether oxygens (including phenoxy) is 2. The molecular weight excluding hydrogens is 368 g/mol.